The number of nitrogens with zero attached hydrogens (tertiary/aromatic N) is 3. The molecule has 0 fully saturated rings. The fraction of sp³-hybridized carbons (Fsp3) is 0.0980. The summed E-state index contributed by atoms with van der Waals surface area (Å²) in [4.78, 5) is 7.26. The molecule has 12 rings (SSSR count). The lowest BCUT2D eigenvalue weighted by Gasteiger charge is -2.29. The number of rotatable bonds is 1. The normalized spacial score (nSPS) is 15.9. The molecule has 0 radical (unpaired) electrons. The molecule has 4 heteroatoms. The molecule has 2 heterocycles. The summed E-state index contributed by atoms with van der Waals surface area (Å²) in [5, 5.41) is 11.9. The molecule has 1 aromatic heterocycles. The third kappa shape index (κ3) is 4.11. The summed E-state index contributed by atoms with van der Waals surface area (Å²) in [6, 6.07) is 49.4. The highest BCUT2D eigenvalue weighted by Gasteiger charge is 2.38. The van der Waals surface area contributed by atoms with Crippen LogP contribution in [0.4, 0.5) is 17.1 Å². The maximum Gasteiger partial charge on any atom is 0.227 e. The van der Waals surface area contributed by atoms with Gasteiger partial charge in [0.25, 0.3) is 0 Å². The topological polar surface area (TPSA) is 44.4 Å². The van der Waals surface area contributed by atoms with Gasteiger partial charge < -0.3 is 4.90 Å². The van der Waals surface area contributed by atoms with Crippen LogP contribution in [-0.4, -0.2) is 16.7 Å². The van der Waals surface area contributed by atoms with Crippen LogP contribution in [0.25, 0.3) is 61.3 Å². The van der Waals surface area contributed by atoms with Gasteiger partial charge in [-0.1, -0.05) is 117 Å². The zero-order valence-electron chi connectivity index (χ0n) is 30.7. The van der Waals surface area contributed by atoms with Gasteiger partial charge >= 0.3 is 0 Å². The molecule has 55 heavy (non-hydrogen) atoms. The van der Waals surface area contributed by atoms with Gasteiger partial charge in [0.2, 0.25) is 5.96 Å². The van der Waals surface area contributed by atoms with Crippen molar-refractivity contribution in [2.45, 2.75) is 32.1 Å². The average molecular weight is 705 g/mol. The largest absolute Gasteiger partial charge is 0.308 e. The summed E-state index contributed by atoms with van der Waals surface area (Å²) in [7, 11) is 0. The van der Waals surface area contributed by atoms with Gasteiger partial charge in [0.15, 0.2) is 0 Å². The van der Waals surface area contributed by atoms with Crippen LogP contribution < -0.4 is 4.90 Å². The molecule has 7 aromatic carbocycles. The predicted molar refractivity (Wildman–Crippen MR) is 229 cm³/mol. The van der Waals surface area contributed by atoms with E-state index >= 15 is 0 Å². The summed E-state index contributed by atoms with van der Waals surface area (Å²) in [5.41, 5.74) is 22.0. The Morgan fingerprint density at radius 3 is 2.13 bits per heavy atom. The number of para-hydroxylation sites is 1. The van der Waals surface area contributed by atoms with E-state index in [9.17, 15) is 5.41 Å². The first-order chi connectivity index (χ1) is 27.0. The number of aliphatic imine (C=N–C) groups is 1. The van der Waals surface area contributed by atoms with Gasteiger partial charge in [-0.25, -0.2) is 4.99 Å². The van der Waals surface area contributed by atoms with Gasteiger partial charge in [-0.2, -0.15) is 0 Å². The van der Waals surface area contributed by atoms with Crippen molar-refractivity contribution in [1.29, 1.82) is 5.41 Å². The Morgan fingerprint density at radius 1 is 0.600 bits per heavy atom. The van der Waals surface area contributed by atoms with Crippen molar-refractivity contribution in [3.8, 4) is 33.4 Å². The molecule has 0 spiro atoms. The van der Waals surface area contributed by atoms with Crippen LogP contribution in [0.2, 0.25) is 0 Å². The molecule has 0 atom stereocenters. The molecule has 3 aliphatic carbocycles. The second-order valence-electron chi connectivity index (χ2n) is 15.9. The smallest absolute Gasteiger partial charge is 0.227 e. The maximum absolute atomic E-state index is 9.61. The Balaban J connectivity index is 1.20. The third-order valence-electron chi connectivity index (χ3n) is 12.7. The summed E-state index contributed by atoms with van der Waals surface area (Å²) in [5.74, 6) is 0.189. The monoisotopic (exact) mass is 704 g/mol. The number of nitrogens with one attached hydrogen (secondary N) is 1. The van der Waals surface area contributed by atoms with Crippen LogP contribution in [-0.2, 0) is 18.3 Å². The van der Waals surface area contributed by atoms with E-state index in [2.05, 4.69) is 163 Å². The maximum atomic E-state index is 9.61. The minimum absolute atomic E-state index is 0.144. The van der Waals surface area contributed by atoms with E-state index in [0.29, 0.717) is 0 Å². The molecular formula is C51H36N4. The van der Waals surface area contributed by atoms with E-state index in [1.807, 2.05) is 6.08 Å². The van der Waals surface area contributed by atoms with Crippen LogP contribution >= 0.6 is 0 Å². The van der Waals surface area contributed by atoms with Crippen LogP contribution in [0.15, 0.2) is 145 Å². The minimum Gasteiger partial charge on any atom is -0.308 e. The van der Waals surface area contributed by atoms with Crippen molar-refractivity contribution in [2.24, 2.45) is 4.99 Å². The van der Waals surface area contributed by atoms with Crippen LogP contribution in [0.1, 0.15) is 52.8 Å². The number of hydrogen-bond acceptors (Lipinski definition) is 2. The Morgan fingerprint density at radius 2 is 1.31 bits per heavy atom. The number of fused-ring (bicyclic) bond motifs is 14. The molecule has 0 amide bonds. The van der Waals surface area contributed by atoms with Crippen molar-refractivity contribution >= 4 is 57.1 Å². The van der Waals surface area contributed by atoms with Crippen molar-refractivity contribution in [1.82, 2.24) is 4.57 Å². The third-order valence-corrected chi connectivity index (χ3v) is 12.7. The highest BCUT2D eigenvalue weighted by molar-refractivity contribution is 6.24. The molecule has 0 saturated heterocycles. The molecule has 0 bridgehead atoms. The summed E-state index contributed by atoms with van der Waals surface area (Å²) in [6.07, 6.45) is 7.74. The fourth-order valence-corrected chi connectivity index (χ4v) is 10.2. The number of anilines is 3. The lowest BCUT2D eigenvalue weighted by molar-refractivity contribution is 0.661. The van der Waals surface area contributed by atoms with E-state index in [-0.39, 0.29) is 11.4 Å². The van der Waals surface area contributed by atoms with E-state index in [1.54, 1.807) is 6.21 Å². The van der Waals surface area contributed by atoms with Crippen molar-refractivity contribution < 1.29 is 0 Å². The standard InChI is InChI=1S/C51H36N4/c1-51(2)42-18-8-7-16-39(42)47-43(51)22-23-44-48(47)40-17-9-19-45-49(40)55(44)50(52)53-24-10-13-32-28-41-34(26-31-12-4-6-15-37(31)41)29-46(32)54(45)35-20-21-38-33(27-35)25-30-11-3-5-14-36(30)38/h3-24,27-29,52H,25-26H2,1-2H3/b13-10-,52-50?,53-24?. The van der Waals surface area contributed by atoms with Crippen molar-refractivity contribution in [3.05, 3.63) is 178 Å². The Kier molecular flexibility index (Phi) is 6.07. The van der Waals surface area contributed by atoms with Crippen molar-refractivity contribution in [2.75, 3.05) is 4.90 Å². The van der Waals surface area contributed by atoms with Crippen LogP contribution in [0, 0.1) is 5.41 Å². The Labute approximate surface area is 319 Å². The van der Waals surface area contributed by atoms with E-state index in [0.717, 1.165) is 51.9 Å². The number of hydrogen-bond donors (Lipinski definition) is 1. The second-order valence-corrected chi connectivity index (χ2v) is 15.9. The van der Waals surface area contributed by atoms with E-state index in [4.69, 9.17) is 4.99 Å². The summed E-state index contributed by atoms with van der Waals surface area (Å²) < 4.78 is 2.09. The molecule has 4 nitrogen and oxygen atoms in total. The van der Waals surface area contributed by atoms with E-state index in [1.165, 1.54) is 72.1 Å². The lowest BCUT2D eigenvalue weighted by Crippen LogP contribution is -2.15. The van der Waals surface area contributed by atoms with Crippen LogP contribution in [0.3, 0.4) is 0 Å². The summed E-state index contributed by atoms with van der Waals surface area (Å²) >= 11 is 0. The SMILES string of the molecule is CC1(C)c2ccccc2-c2c1ccc1c2c2cccc3c2n1C(=N)N=C/C=C\c1cc2c(cc1N3c1ccc3c(c1)Cc1ccccc1-3)Cc1ccccc1-2. The molecule has 1 aliphatic heterocycles. The molecule has 0 saturated carbocycles. The van der Waals surface area contributed by atoms with Gasteiger partial charge in [-0.05, 0) is 128 Å². The second kappa shape index (κ2) is 10.9. The zero-order valence-corrected chi connectivity index (χ0v) is 30.7. The van der Waals surface area contributed by atoms with E-state index < -0.39 is 0 Å². The minimum atomic E-state index is -0.144. The molecule has 4 aliphatic rings. The highest BCUT2D eigenvalue weighted by atomic mass is 15.2. The first-order valence-corrected chi connectivity index (χ1v) is 19.2. The first kappa shape index (κ1) is 30.7. The lowest BCUT2D eigenvalue weighted by atomic mass is 9.82. The number of allylic oxidation sites excluding steroid dienone is 1. The van der Waals surface area contributed by atoms with Crippen molar-refractivity contribution in [3.63, 3.8) is 0 Å². The Bertz CT molecular complexity index is 3100. The molecular weight excluding hydrogens is 669 g/mol. The molecule has 1 N–H and O–H groups in total. The fourth-order valence-electron chi connectivity index (χ4n) is 10.2. The summed E-state index contributed by atoms with van der Waals surface area (Å²) in [6.45, 7) is 4.67. The van der Waals surface area contributed by atoms with Crippen LogP contribution in [0.5, 0.6) is 0 Å². The number of aromatic nitrogens is 1. The average Bonchev–Trinajstić information content (AvgIpc) is 3.92. The zero-order chi connectivity index (χ0) is 36.6. The van der Waals surface area contributed by atoms with Gasteiger partial charge in [0, 0.05) is 28.1 Å². The number of benzene rings is 7. The Hall–Kier alpha value is -6.78. The highest BCUT2D eigenvalue weighted by Crippen LogP contribution is 2.55. The molecule has 8 aromatic rings. The molecule has 0 unspecified atom stereocenters. The predicted octanol–water partition coefficient (Wildman–Crippen LogP) is 12.6. The quantitative estimate of drug-likeness (QED) is 0.182. The van der Waals surface area contributed by atoms with Gasteiger partial charge in [0.05, 0.1) is 22.4 Å². The van der Waals surface area contributed by atoms with Gasteiger partial charge in [-0.3, -0.25) is 9.98 Å². The van der Waals surface area contributed by atoms with Gasteiger partial charge in [0.1, 0.15) is 0 Å². The van der Waals surface area contributed by atoms with Gasteiger partial charge in [-0.15, -0.1) is 0 Å². The molecule has 260 valence electrons. The first-order valence-electron chi connectivity index (χ1n) is 19.2.